The fourth-order valence-corrected chi connectivity index (χ4v) is 3.99. The second-order valence-electron chi connectivity index (χ2n) is 7.75. The van der Waals surface area contributed by atoms with Gasteiger partial charge < -0.3 is 19.8 Å². The van der Waals surface area contributed by atoms with Crippen molar-refractivity contribution in [2.24, 2.45) is 0 Å². The summed E-state index contributed by atoms with van der Waals surface area (Å²) in [4.78, 5) is 18.9. The molecule has 0 aliphatic carbocycles. The van der Waals surface area contributed by atoms with Gasteiger partial charge in [-0.15, -0.1) is 0 Å². The Kier molecular flexibility index (Phi) is 5.43. The van der Waals surface area contributed by atoms with E-state index in [-0.39, 0.29) is 18.9 Å². The smallest absolute Gasteiger partial charge is 0.230 e. The van der Waals surface area contributed by atoms with E-state index < -0.39 is 17.8 Å². The lowest BCUT2D eigenvalue weighted by atomic mass is 9.82. The molecular weight excluding hydrogens is 360 g/mol. The van der Waals surface area contributed by atoms with Crippen molar-refractivity contribution in [2.75, 3.05) is 19.7 Å². The number of hydrogen-bond donors (Lipinski definition) is 3. The Morgan fingerprint density at radius 1 is 1.21 bits per heavy atom. The Morgan fingerprint density at radius 3 is 2.68 bits per heavy atom. The number of aliphatic hydroxyl groups is 2. The van der Waals surface area contributed by atoms with E-state index >= 15 is 0 Å². The van der Waals surface area contributed by atoms with Crippen LogP contribution in [0.4, 0.5) is 0 Å². The molecule has 3 heterocycles. The molecule has 0 bridgehead atoms. The number of H-pyrrole nitrogens is 1. The summed E-state index contributed by atoms with van der Waals surface area (Å²) in [5, 5.41) is 26.7. The predicted molar refractivity (Wildman–Crippen MR) is 100 cm³/mol. The number of likely N-dealkylation sites (tertiary alicyclic amines) is 1. The highest BCUT2D eigenvalue weighted by atomic mass is 16.5. The molecule has 1 amide bonds. The molecule has 0 saturated carbocycles. The van der Waals surface area contributed by atoms with Crippen LogP contribution in [0, 0.1) is 0 Å². The van der Waals surface area contributed by atoms with Crippen LogP contribution in [-0.4, -0.2) is 73.7 Å². The lowest BCUT2D eigenvalue weighted by Crippen LogP contribution is -2.55. The number of carbonyl (C=O) groups is 1. The van der Waals surface area contributed by atoms with Gasteiger partial charge in [-0.25, -0.2) is 4.98 Å². The molecule has 2 aromatic rings. The van der Waals surface area contributed by atoms with E-state index in [4.69, 9.17) is 4.74 Å². The Morgan fingerprint density at radius 2 is 1.96 bits per heavy atom. The van der Waals surface area contributed by atoms with Crippen LogP contribution in [0.25, 0.3) is 0 Å². The van der Waals surface area contributed by atoms with E-state index in [1.54, 1.807) is 4.90 Å². The van der Waals surface area contributed by atoms with Gasteiger partial charge in [0.25, 0.3) is 0 Å². The Labute approximate surface area is 163 Å². The average molecular weight is 386 g/mol. The zero-order chi connectivity index (χ0) is 19.6. The lowest BCUT2D eigenvalue weighted by molar-refractivity contribution is -0.188. The number of nitrogens with zero attached hydrogens (tertiary/aromatic N) is 3. The summed E-state index contributed by atoms with van der Waals surface area (Å²) in [7, 11) is 0. The minimum absolute atomic E-state index is 0.00324. The Balaban J connectivity index is 1.29. The molecule has 1 aromatic heterocycles. The highest BCUT2D eigenvalue weighted by Crippen LogP contribution is 2.35. The van der Waals surface area contributed by atoms with Crippen LogP contribution in [0.2, 0.25) is 0 Å². The van der Waals surface area contributed by atoms with Crippen LogP contribution >= 0.6 is 0 Å². The van der Waals surface area contributed by atoms with E-state index in [1.165, 1.54) is 0 Å². The molecule has 4 rings (SSSR count). The van der Waals surface area contributed by atoms with Crippen molar-refractivity contribution in [2.45, 2.75) is 49.9 Å². The van der Waals surface area contributed by atoms with Gasteiger partial charge in [0.05, 0.1) is 24.7 Å². The lowest BCUT2D eigenvalue weighted by Gasteiger charge is -2.46. The molecule has 150 valence electrons. The van der Waals surface area contributed by atoms with E-state index in [1.807, 2.05) is 30.3 Å². The van der Waals surface area contributed by atoms with E-state index in [2.05, 4.69) is 15.2 Å². The number of aromatic amines is 1. The first-order valence-corrected chi connectivity index (χ1v) is 9.75. The number of nitrogens with one attached hydrogen (secondary N) is 1. The van der Waals surface area contributed by atoms with Crippen LogP contribution < -0.4 is 0 Å². The number of aromatic nitrogens is 3. The number of rotatable bonds is 4. The maximum absolute atomic E-state index is 12.6. The first-order valence-electron chi connectivity index (χ1n) is 9.75. The topological polar surface area (TPSA) is 112 Å². The highest BCUT2D eigenvalue weighted by Gasteiger charge is 2.43. The van der Waals surface area contributed by atoms with Gasteiger partial charge in [-0.05, 0) is 18.4 Å². The van der Waals surface area contributed by atoms with Crippen molar-refractivity contribution in [3.8, 4) is 0 Å². The molecule has 0 unspecified atom stereocenters. The standard InChI is InChI=1S/C20H26N4O4/c25-15-12-20(28-13-16(15)26)6-8-24(9-7-20)19(27)11-18-21-17(22-23-18)10-14-4-2-1-3-5-14/h1-5,15-16,25-26H,6-13H2,(H,21,22,23)/t15-,16+/m1/s1. The Hall–Kier alpha value is -2.29. The molecule has 8 nitrogen and oxygen atoms in total. The van der Waals surface area contributed by atoms with Crippen LogP contribution in [0.15, 0.2) is 30.3 Å². The highest BCUT2D eigenvalue weighted by molar-refractivity contribution is 5.78. The third-order valence-electron chi connectivity index (χ3n) is 5.71. The fourth-order valence-electron chi connectivity index (χ4n) is 3.99. The second kappa shape index (κ2) is 7.98. The molecule has 2 atom stereocenters. The number of piperidine rings is 1. The SMILES string of the molecule is O=C(Cc1n[nH]c(Cc2ccccc2)n1)N1CCC2(CC1)C[C@@H](O)[C@@H](O)CO2. The zero-order valence-corrected chi connectivity index (χ0v) is 15.8. The Bertz CT molecular complexity index is 802. The molecule has 1 spiro atoms. The first-order chi connectivity index (χ1) is 13.5. The molecule has 2 saturated heterocycles. The van der Waals surface area contributed by atoms with Crippen molar-refractivity contribution < 1.29 is 19.7 Å². The number of carbonyl (C=O) groups excluding carboxylic acids is 1. The molecule has 0 radical (unpaired) electrons. The van der Waals surface area contributed by atoms with Crippen molar-refractivity contribution >= 4 is 5.91 Å². The molecule has 2 fully saturated rings. The van der Waals surface area contributed by atoms with Gasteiger partial charge in [-0.2, -0.15) is 5.10 Å². The molecule has 2 aliphatic heterocycles. The van der Waals surface area contributed by atoms with E-state index in [0.717, 1.165) is 11.4 Å². The van der Waals surface area contributed by atoms with Crippen molar-refractivity contribution in [3.05, 3.63) is 47.5 Å². The molecule has 8 heteroatoms. The average Bonchev–Trinajstić information content (AvgIpc) is 3.13. The first kappa shape index (κ1) is 19.0. The van der Waals surface area contributed by atoms with Crippen LogP contribution in [0.3, 0.4) is 0 Å². The quantitative estimate of drug-likeness (QED) is 0.703. The number of ether oxygens (including phenoxy) is 1. The van der Waals surface area contributed by atoms with Crippen molar-refractivity contribution in [1.29, 1.82) is 0 Å². The van der Waals surface area contributed by atoms with Gasteiger partial charge in [-0.1, -0.05) is 30.3 Å². The minimum atomic E-state index is -0.818. The molecule has 3 N–H and O–H groups in total. The van der Waals surface area contributed by atoms with Crippen LogP contribution in [-0.2, 0) is 22.4 Å². The van der Waals surface area contributed by atoms with Gasteiger partial charge in [-0.3, -0.25) is 9.89 Å². The third kappa shape index (κ3) is 4.24. The third-order valence-corrected chi connectivity index (χ3v) is 5.71. The van der Waals surface area contributed by atoms with Crippen LogP contribution in [0.5, 0.6) is 0 Å². The summed E-state index contributed by atoms with van der Waals surface area (Å²) >= 11 is 0. The second-order valence-corrected chi connectivity index (χ2v) is 7.75. The molecule has 28 heavy (non-hydrogen) atoms. The van der Waals surface area contributed by atoms with E-state index in [0.29, 0.717) is 44.6 Å². The van der Waals surface area contributed by atoms with Gasteiger partial charge in [0.1, 0.15) is 11.9 Å². The van der Waals surface area contributed by atoms with Crippen molar-refractivity contribution in [1.82, 2.24) is 20.1 Å². The summed E-state index contributed by atoms with van der Waals surface area (Å²) in [5.74, 6) is 1.25. The largest absolute Gasteiger partial charge is 0.390 e. The summed E-state index contributed by atoms with van der Waals surface area (Å²) in [5.41, 5.74) is 0.709. The molecule has 2 aliphatic rings. The minimum Gasteiger partial charge on any atom is -0.390 e. The maximum atomic E-state index is 12.6. The van der Waals surface area contributed by atoms with Gasteiger partial charge in [0.2, 0.25) is 5.91 Å². The number of amides is 1. The van der Waals surface area contributed by atoms with E-state index in [9.17, 15) is 15.0 Å². The van der Waals surface area contributed by atoms with Gasteiger partial charge in [0, 0.05) is 25.9 Å². The number of hydrogen-bond acceptors (Lipinski definition) is 6. The number of benzene rings is 1. The van der Waals surface area contributed by atoms with Crippen LogP contribution in [0.1, 0.15) is 36.5 Å². The summed E-state index contributed by atoms with van der Waals surface area (Å²) in [6, 6.07) is 9.99. The molecular formula is C20H26N4O4. The number of aliphatic hydroxyl groups excluding tert-OH is 2. The zero-order valence-electron chi connectivity index (χ0n) is 15.8. The summed E-state index contributed by atoms with van der Waals surface area (Å²) in [6.07, 6.45) is 0.986. The van der Waals surface area contributed by atoms with Gasteiger partial charge >= 0.3 is 0 Å². The van der Waals surface area contributed by atoms with Gasteiger partial charge in [0.15, 0.2) is 5.82 Å². The fraction of sp³-hybridized carbons (Fsp3) is 0.550. The normalized spacial score (nSPS) is 24.4. The van der Waals surface area contributed by atoms with Crippen molar-refractivity contribution in [3.63, 3.8) is 0 Å². The molecule has 1 aromatic carbocycles. The summed E-state index contributed by atoms with van der Waals surface area (Å²) in [6.45, 7) is 1.29. The maximum Gasteiger partial charge on any atom is 0.230 e. The summed E-state index contributed by atoms with van der Waals surface area (Å²) < 4.78 is 5.82. The monoisotopic (exact) mass is 386 g/mol. The predicted octanol–water partition coefficient (Wildman–Crippen LogP) is 0.441.